The maximum Gasteiger partial charge on any atom is 0.440 e. The quantitative estimate of drug-likeness (QED) is 0.373. The van der Waals surface area contributed by atoms with Crippen LogP contribution in [0.15, 0.2) is 71.6 Å². The first-order valence-corrected chi connectivity index (χ1v) is 16.5. The zero-order valence-electron chi connectivity index (χ0n) is 24.0. The highest BCUT2D eigenvalue weighted by atomic mass is 35.5. The molecule has 2 atom stereocenters. The van der Waals surface area contributed by atoms with Gasteiger partial charge in [-0.1, -0.05) is 33.7 Å². The number of quaternary nitrogens is 1. The van der Waals surface area contributed by atoms with E-state index >= 15 is 0 Å². The highest BCUT2D eigenvalue weighted by Gasteiger charge is 2.70. The minimum absolute atomic E-state index is 0.119. The largest absolute Gasteiger partial charge is 0.440 e. The van der Waals surface area contributed by atoms with E-state index in [1.54, 1.807) is 29.2 Å². The molecule has 3 aromatic rings. The van der Waals surface area contributed by atoms with Crippen molar-refractivity contribution in [1.82, 2.24) is 19.4 Å². The summed E-state index contributed by atoms with van der Waals surface area (Å²) >= 11 is 6.29. The number of carbonyl (C=O) groups excluding carboxylic acids is 2. The number of piperidine rings is 1. The average molecular weight is 626 g/mol. The Morgan fingerprint density at radius 1 is 1.05 bits per heavy atom. The van der Waals surface area contributed by atoms with Gasteiger partial charge in [0.1, 0.15) is 16.8 Å². The van der Waals surface area contributed by atoms with E-state index in [1.807, 2.05) is 25.1 Å². The van der Waals surface area contributed by atoms with Gasteiger partial charge in [-0.3, -0.25) is 9.69 Å². The number of fused-ring (bicyclic) bond motifs is 2. The number of sulfonamides is 1. The van der Waals surface area contributed by atoms with Crippen molar-refractivity contribution in [2.45, 2.75) is 55.5 Å². The van der Waals surface area contributed by atoms with Crippen LogP contribution in [0.1, 0.15) is 54.1 Å². The topological polar surface area (TPSA) is 95.6 Å². The highest BCUT2D eigenvalue weighted by molar-refractivity contribution is 7.91. The van der Waals surface area contributed by atoms with Crippen molar-refractivity contribution < 1.29 is 22.4 Å². The molecule has 2 fully saturated rings. The Morgan fingerprint density at radius 3 is 2.40 bits per heavy atom. The molecule has 0 bridgehead atoms. The van der Waals surface area contributed by atoms with E-state index in [-0.39, 0.29) is 17.3 Å². The van der Waals surface area contributed by atoms with Gasteiger partial charge in [0.05, 0.1) is 5.41 Å². The van der Waals surface area contributed by atoms with Crippen LogP contribution < -0.4 is 14.5 Å². The summed E-state index contributed by atoms with van der Waals surface area (Å²) in [6.07, 6.45) is 2.78. The van der Waals surface area contributed by atoms with E-state index in [4.69, 9.17) is 11.6 Å². The summed E-state index contributed by atoms with van der Waals surface area (Å²) < 4.78 is 42.8. The number of rotatable bonds is 5. The van der Waals surface area contributed by atoms with E-state index in [0.29, 0.717) is 60.9 Å². The van der Waals surface area contributed by atoms with Gasteiger partial charge in [0.2, 0.25) is 0 Å². The first-order valence-electron chi connectivity index (χ1n) is 14.7. The number of amides is 3. The summed E-state index contributed by atoms with van der Waals surface area (Å²) in [5, 5.41) is 6.85. The summed E-state index contributed by atoms with van der Waals surface area (Å²) in [4.78, 5) is 29.7. The first kappa shape index (κ1) is 29.7. The lowest BCUT2D eigenvalue weighted by atomic mass is 9.70. The van der Waals surface area contributed by atoms with Gasteiger partial charge in [0, 0.05) is 41.9 Å². The normalized spacial score (nSPS) is 22.9. The lowest BCUT2D eigenvalue weighted by Gasteiger charge is -2.42. The number of benzene rings is 3. The minimum atomic E-state index is -4.43. The molecule has 1 spiro atoms. The van der Waals surface area contributed by atoms with Gasteiger partial charge in [-0.05, 0) is 93.7 Å². The maximum atomic E-state index is 14.9. The molecule has 0 radical (unpaired) electrons. The fourth-order valence-electron chi connectivity index (χ4n) is 7.23. The molecule has 226 valence electrons. The van der Waals surface area contributed by atoms with Crippen molar-refractivity contribution in [2.75, 3.05) is 26.2 Å². The van der Waals surface area contributed by atoms with Crippen LogP contribution in [0.2, 0.25) is 5.02 Å². The number of hydrogen-bond acceptors (Lipinski definition) is 5. The minimum Gasteiger partial charge on any atom is -0.348 e. The highest BCUT2D eigenvalue weighted by Crippen LogP contribution is 2.57. The monoisotopic (exact) mass is 625 g/mol. The van der Waals surface area contributed by atoms with E-state index in [0.717, 1.165) is 30.5 Å². The predicted octanol–water partition coefficient (Wildman–Crippen LogP) is 5.34. The third kappa shape index (κ3) is 4.66. The van der Waals surface area contributed by atoms with Gasteiger partial charge in [-0.25, -0.2) is 9.18 Å². The van der Waals surface area contributed by atoms with Crippen molar-refractivity contribution in [2.24, 2.45) is 0 Å². The molecule has 0 aliphatic carbocycles. The van der Waals surface area contributed by atoms with Crippen LogP contribution in [0.4, 0.5) is 14.9 Å². The van der Waals surface area contributed by atoms with Crippen molar-refractivity contribution in [3.05, 3.63) is 94.3 Å². The second-order valence-electron chi connectivity index (χ2n) is 11.7. The smallest absolute Gasteiger partial charge is 0.348 e. The maximum absolute atomic E-state index is 14.9. The van der Waals surface area contributed by atoms with Gasteiger partial charge in [-0.2, -0.15) is 8.42 Å². The molecular formula is C32H35ClFN4O4S+. The third-order valence-electron chi connectivity index (χ3n) is 9.54. The van der Waals surface area contributed by atoms with Gasteiger partial charge < -0.3 is 10.6 Å². The lowest BCUT2D eigenvalue weighted by molar-refractivity contribution is 0.0950. The SMILES string of the molecule is CC1C2(CCNCC2)c2cc(C(=O)NCc3ccccc3Cl)ccc2[N+]1(C(=O)N1CCCC1)S(=O)(=O)c1ccc(F)cc1. The molecule has 3 aliphatic heterocycles. The first-order chi connectivity index (χ1) is 20.6. The molecule has 0 saturated carbocycles. The number of nitrogens with zero attached hydrogens (tertiary/aromatic N) is 2. The molecule has 8 nitrogen and oxygen atoms in total. The van der Waals surface area contributed by atoms with Crippen molar-refractivity contribution in [3.8, 4) is 0 Å². The molecule has 2 N–H and O–H groups in total. The van der Waals surface area contributed by atoms with E-state index < -0.39 is 37.2 Å². The van der Waals surface area contributed by atoms with Gasteiger partial charge >= 0.3 is 16.1 Å². The molecule has 3 heterocycles. The summed E-state index contributed by atoms with van der Waals surface area (Å²) in [7, 11) is -4.43. The Balaban J connectivity index is 1.51. The number of nitrogens with one attached hydrogen (secondary N) is 2. The zero-order chi connectivity index (χ0) is 30.4. The van der Waals surface area contributed by atoms with Gasteiger partial charge in [-0.15, -0.1) is 0 Å². The molecule has 43 heavy (non-hydrogen) atoms. The van der Waals surface area contributed by atoms with Crippen molar-refractivity contribution in [3.63, 3.8) is 0 Å². The number of carbonyl (C=O) groups is 2. The van der Waals surface area contributed by atoms with Crippen LogP contribution >= 0.6 is 11.6 Å². The van der Waals surface area contributed by atoms with Crippen LogP contribution in [0.5, 0.6) is 0 Å². The van der Waals surface area contributed by atoms with Crippen LogP contribution in [0.25, 0.3) is 0 Å². The fraction of sp³-hybridized carbons (Fsp3) is 0.375. The van der Waals surface area contributed by atoms with Crippen molar-refractivity contribution >= 4 is 39.2 Å². The van der Waals surface area contributed by atoms with Crippen molar-refractivity contribution in [1.29, 1.82) is 0 Å². The Morgan fingerprint density at radius 2 is 1.72 bits per heavy atom. The number of urea groups is 1. The second kappa shape index (κ2) is 11.3. The summed E-state index contributed by atoms with van der Waals surface area (Å²) in [5.74, 6) is -0.884. The molecule has 11 heteroatoms. The fourth-order valence-corrected chi connectivity index (χ4v) is 9.60. The average Bonchev–Trinajstić information content (AvgIpc) is 3.62. The molecule has 3 amide bonds. The second-order valence-corrected chi connectivity index (χ2v) is 14.1. The Kier molecular flexibility index (Phi) is 7.83. The van der Waals surface area contributed by atoms with Crippen LogP contribution in [0.3, 0.4) is 0 Å². The standard InChI is InChI=1S/C32H34ClFN4O4S/c1-22-32(14-16-35-17-15-32)27-20-23(30(39)36-21-24-6-2-3-7-28(24)33)8-13-29(27)38(22,31(40)37-18-4-5-19-37)43(41,42)26-11-9-25(34)10-12-26/h2-3,6-13,20,22,35H,4-5,14-19,21H2,1H3/p+1. The number of likely N-dealkylation sites (tertiary alicyclic amines) is 1. The molecule has 2 unspecified atom stereocenters. The van der Waals surface area contributed by atoms with Crippen LogP contribution in [0, 0.1) is 5.82 Å². The van der Waals surface area contributed by atoms with E-state index in [9.17, 15) is 22.4 Å². The molecule has 3 aliphatic rings. The number of hydrogen-bond donors (Lipinski definition) is 2. The zero-order valence-corrected chi connectivity index (χ0v) is 25.6. The molecule has 0 aromatic heterocycles. The molecule has 2 saturated heterocycles. The Hall–Kier alpha value is -3.31. The number of halogens is 2. The van der Waals surface area contributed by atoms with E-state index in [1.165, 1.54) is 12.1 Å². The van der Waals surface area contributed by atoms with Gasteiger partial charge in [0.15, 0.2) is 5.69 Å². The van der Waals surface area contributed by atoms with Crippen LogP contribution in [-0.4, -0.2) is 57.5 Å². The summed E-state index contributed by atoms with van der Waals surface area (Å²) in [6.45, 7) is 4.29. The Bertz CT molecular complexity index is 1670. The third-order valence-corrected chi connectivity index (χ3v) is 12.2. The Labute approximate surface area is 256 Å². The van der Waals surface area contributed by atoms with Crippen LogP contribution in [-0.2, 0) is 22.0 Å². The molecular weight excluding hydrogens is 591 g/mol. The lowest BCUT2D eigenvalue weighted by Crippen LogP contribution is -2.68. The van der Waals surface area contributed by atoms with E-state index in [2.05, 4.69) is 10.6 Å². The predicted molar refractivity (Wildman–Crippen MR) is 164 cm³/mol. The molecule has 6 rings (SSSR count). The van der Waals surface area contributed by atoms with Gasteiger partial charge in [0.25, 0.3) is 5.91 Å². The molecule has 3 aromatic carbocycles. The summed E-state index contributed by atoms with van der Waals surface area (Å²) in [6, 6.07) is 15.8. The summed E-state index contributed by atoms with van der Waals surface area (Å²) in [5.41, 5.74) is 1.52.